The Morgan fingerprint density at radius 1 is 1.27 bits per heavy atom. The van der Waals surface area contributed by atoms with E-state index >= 15 is 0 Å². The van der Waals surface area contributed by atoms with E-state index in [1.54, 1.807) is 18.3 Å². The molecule has 3 aromatic rings. The van der Waals surface area contributed by atoms with Gasteiger partial charge in [-0.25, -0.2) is 4.98 Å². The van der Waals surface area contributed by atoms with Gasteiger partial charge in [0.2, 0.25) is 5.91 Å². The maximum Gasteiger partial charge on any atom is 0.258 e. The molecule has 1 aromatic carbocycles. The topological polar surface area (TPSA) is 68.0 Å². The van der Waals surface area contributed by atoms with Crippen LogP contribution in [0.2, 0.25) is 0 Å². The summed E-state index contributed by atoms with van der Waals surface area (Å²) in [7, 11) is 0. The zero-order valence-electron chi connectivity index (χ0n) is 12.1. The molecular weight excluding hydrogens is 298 g/mol. The number of aromatic nitrogens is 2. The van der Waals surface area contributed by atoms with Crippen LogP contribution in [0.25, 0.3) is 11.2 Å². The van der Waals surface area contributed by atoms with Gasteiger partial charge in [-0.1, -0.05) is 41.6 Å². The van der Waals surface area contributed by atoms with Crippen molar-refractivity contribution in [2.24, 2.45) is 0 Å². The Kier molecular flexibility index (Phi) is 4.39. The van der Waals surface area contributed by atoms with E-state index in [0.29, 0.717) is 23.0 Å². The number of carbonyl (C=O) groups is 1. The fraction of sp³-hybridized carbons (Fsp3) is 0.188. The predicted octanol–water partition coefficient (Wildman–Crippen LogP) is 2.94. The van der Waals surface area contributed by atoms with Gasteiger partial charge in [0, 0.05) is 12.7 Å². The van der Waals surface area contributed by atoms with Crippen LogP contribution in [-0.2, 0) is 11.3 Å². The van der Waals surface area contributed by atoms with E-state index in [4.69, 9.17) is 4.42 Å². The van der Waals surface area contributed by atoms with E-state index < -0.39 is 0 Å². The Morgan fingerprint density at radius 2 is 2.09 bits per heavy atom. The largest absolute Gasteiger partial charge is 0.430 e. The molecule has 2 aromatic heterocycles. The highest BCUT2D eigenvalue weighted by atomic mass is 32.2. The third-order valence-electron chi connectivity index (χ3n) is 3.08. The van der Waals surface area contributed by atoms with Crippen LogP contribution in [0.3, 0.4) is 0 Å². The van der Waals surface area contributed by atoms with Crippen molar-refractivity contribution in [1.82, 2.24) is 15.3 Å². The van der Waals surface area contributed by atoms with Crippen molar-refractivity contribution in [2.45, 2.75) is 18.7 Å². The molecule has 0 radical (unpaired) electrons. The van der Waals surface area contributed by atoms with Crippen molar-refractivity contribution < 1.29 is 9.21 Å². The molecule has 0 fully saturated rings. The number of amides is 1. The molecule has 0 aliphatic carbocycles. The molecule has 1 amide bonds. The monoisotopic (exact) mass is 313 g/mol. The lowest BCUT2D eigenvalue weighted by atomic mass is 10.1. The van der Waals surface area contributed by atoms with Gasteiger partial charge in [0.25, 0.3) is 5.22 Å². The molecule has 0 saturated heterocycles. The van der Waals surface area contributed by atoms with Crippen molar-refractivity contribution in [1.29, 1.82) is 0 Å². The number of rotatable bonds is 5. The Bertz CT molecular complexity index is 750. The minimum atomic E-state index is -0.0548. The first kappa shape index (κ1) is 14.6. The normalized spacial score (nSPS) is 10.8. The van der Waals surface area contributed by atoms with Crippen molar-refractivity contribution in [2.75, 3.05) is 5.75 Å². The number of pyridine rings is 1. The van der Waals surface area contributed by atoms with E-state index in [-0.39, 0.29) is 11.7 Å². The van der Waals surface area contributed by atoms with Crippen LogP contribution >= 0.6 is 11.8 Å². The molecule has 6 heteroatoms. The highest BCUT2D eigenvalue weighted by molar-refractivity contribution is 7.99. The van der Waals surface area contributed by atoms with E-state index in [2.05, 4.69) is 15.3 Å². The Morgan fingerprint density at radius 3 is 2.86 bits per heavy atom. The Balaban J connectivity index is 1.50. The van der Waals surface area contributed by atoms with Gasteiger partial charge >= 0.3 is 0 Å². The second-order valence-electron chi connectivity index (χ2n) is 4.86. The summed E-state index contributed by atoms with van der Waals surface area (Å²) in [6.45, 7) is 2.56. The molecule has 2 heterocycles. The molecule has 5 nitrogen and oxygen atoms in total. The lowest BCUT2D eigenvalue weighted by molar-refractivity contribution is -0.118. The SMILES string of the molecule is Cc1ccc(CNC(=O)CSc2nc3ncccc3o2)cc1. The van der Waals surface area contributed by atoms with E-state index in [9.17, 15) is 4.79 Å². The lowest BCUT2D eigenvalue weighted by Gasteiger charge is -2.04. The first-order valence-electron chi connectivity index (χ1n) is 6.87. The molecule has 0 atom stereocenters. The molecule has 0 saturated carbocycles. The molecule has 22 heavy (non-hydrogen) atoms. The molecule has 3 rings (SSSR count). The highest BCUT2D eigenvalue weighted by Crippen LogP contribution is 2.21. The second kappa shape index (κ2) is 6.62. The summed E-state index contributed by atoms with van der Waals surface area (Å²) in [5, 5.41) is 3.34. The van der Waals surface area contributed by atoms with Gasteiger partial charge in [-0.3, -0.25) is 4.79 Å². The first-order valence-corrected chi connectivity index (χ1v) is 7.86. The highest BCUT2D eigenvalue weighted by Gasteiger charge is 2.09. The van der Waals surface area contributed by atoms with Gasteiger partial charge in [-0.2, -0.15) is 4.98 Å². The zero-order chi connectivity index (χ0) is 15.4. The number of nitrogens with zero attached hydrogens (tertiary/aromatic N) is 2. The number of nitrogens with one attached hydrogen (secondary N) is 1. The summed E-state index contributed by atoms with van der Waals surface area (Å²) in [5.74, 6) is 0.208. The standard InChI is InChI=1S/C16H15N3O2S/c1-11-4-6-12(7-5-11)9-18-14(20)10-22-16-19-15-13(21-16)3-2-8-17-15/h2-8H,9-10H2,1H3,(H,18,20). The Hall–Kier alpha value is -2.34. The van der Waals surface area contributed by atoms with Gasteiger partial charge in [0.15, 0.2) is 11.2 Å². The molecule has 112 valence electrons. The average molecular weight is 313 g/mol. The van der Waals surface area contributed by atoms with Crippen molar-refractivity contribution >= 4 is 28.9 Å². The average Bonchev–Trinajstić information content (AvgIpc) is 2.95. The Labute approximate surface area is 132 Å². The minimum Gasteiger partial charge on any atom is -0.430 e. The van der Waals surface area contributed by atoms with Crippen molar-refractivity contribution in [3.05, 3.63) is 53.7 Å². The predicted molar refractivity (Wildman–Crippen MR) is 85.6 cm³/mol. The van der Waals surface area contributed by atoms with E-state index in [1.165, 1.54) is 17.3 Å². The summed E-state index contributed by atoms with van der Waals surface area (Å²) in [4.78, 5) is 20.2. The smallest absolute Gasteiger partial charge is 0.258 e. The fourth-order valence-corrected chi connectivity index (χ4v) is 2.55. The molecule has 1 N–H and O–H groups in total. The second-order valence-corrected chi connectivity index (χ2v) is 5.78. The minimum absolute atomic E-state index is 0.0548. The summed E-state index contributed by atoms with van der Waals surface area (Å²) in [6, 6.07) is 11.7. The van der Waals surface area contributed by atoms with Gasteiger partial charge in [-0.05, 0) is 24.6 Å². The molecule has 0 spiro atoms. The van der Waals surface area contributed by atoms with E-state index in [0.717, 1.165) is 5.56 Å². The third-order valence-corrected chi connectivity index (χ3v) is 3.91. The number of aryl methyl sites for hydroxylation is 1. The maximum atomic E-state index is 11.9. The van der Waals surface area contributed by atoms with E-state index in [1.807, 2.05) is 31.2 Å². The molecule has 0 bridgehead atoms. The summed E-state index contributed by atoms with van der Waals surface area (Å²) in [5.41, 5.74) is 3.47. The zero-order valence-corrected chi connectivity index (χ0v) is 12.9. The molecular formula is C16H15N3O2S. The first-order chi connectivity index (χ1) is 10.7. The third kappa shape index (κ3) is 3.65. The molecule has 0 aliphatic rings. The number of carbonyl (C=O) groups excluding carboxylic acids is 1. The fourth-order valence-electron chi connectivity index (χ4n) is 1.90. The number of fused-ring (bicyclic) bond motifs is 1. The lowest BCUT2D eigenvalue weighted by Crippen LogP contribution is -2.24. The van der Waals surface area contributed by atoms with Crippen LogP contribution in [-0.4, -0.2) is 21.6 Å². The van der Waals surface area contributed by atoms with Gasteiger partial charge < -0.3 is 9.73 Å². The maximum absolute atomic E-state index is 11.9. The summed E-state index contributed by atoms with van der Waals surface area (Å²) >= 11 is 1.26. The van der Waals surface area contributed by atoms with Gasteiger partial charge in [0.1, 0.15) is 0 Å². The van der Waals surface area contributed by atoms with Gasteiger partial charge in [-0.15, -0.1) is 0 Å². The summed E-state index contributed by atoms with van der Waals surface area (Å²) < 4.78 is 5.50. The molecule has 0 aliphatic heterocycles. The van der Waals surface area contributed by atoms with Crippen LogP contribution in [0.4, 0.5) is 0 Å². The van der Waals surface area contributed by atoms with Gasteiger partial charge in [0.05, 0.1) is 5.75 Å². The number of oxazole rings is 1. The number of benzene rings is 1. The van der Waals surface area contributed by atoms with Crippen molar-refractivity contribution in [3.8, 4) is 0 Å². The van der Waals surface area contributed by atoms with Crippen LogP contribution in [0.5, 0.6) is 0 Å². The van der Waals surface area contributed by atoms with Crippen molar-refractivity contribution in [3.63, 3.8) is 0 Å². The molecule has 0 unspecified atom stereocenters. The number of hydrogen-bond donors (Lipinski definition) is 1. The summed E-state index contributed by atoms with van der Waals surface area (Å²) in [6.07, 6.45) is 1.66. The van der Waals surface area contributed by atoms with Crippen LogP contribution in [0.15, 0.2) is 52.2 Å². The van der Waals surface area contributed by atoms with Crippen LogP contribution in [0.1, 0.15) is 11.1 Å². The van der Waals surface area contributed by atoms with Crippen LogP contribution < -0.4 is 5.32 Å². The number of thioether (sulfide) groups is 1. The van der Waals surface area contributed by atoms with Crippen LogP contribution in [0, 0.1) is 6.92 Å². The number of hydrogen-bond acceptors (Lipinski definition) is 5. The quantitative estimate of drug-likeness (QED) is 0.734.